The van der Waals surface area contributed by atoms with Gasteiger partial charge in [-0.3, -0.25) is 9.88 Å². The van der Waals surface area contributed by atoms with Crippen LogP contribution in [0.5, 0.6) is 0 Å². The number of hydrogen-bond donors (Lipinski definition) is 0. The molecule has 1 saturated heterocycles. The van der Waals surface area contributed by atoms with Gasteiger partial charge in [-0.05, 0) is 23.3 Å². The third-order valence-corrected chi connectivity index (χ3v) is 6.53. The van der Waals surface area contributed by atoms with Crippen molar-refractivity contribution < 1.29 is 0 Å². The summed E-state index contributed by atoms with van der Waals surface area (Å²) in [7, 11) is 0. The quantitative estimate of drug-likeness (QED) is 0.414. The van der Waals surface area contributed by atoms with Crippen LogP contribution >= 0.6 is 12.2 Å². The Labute approximate surface area is 189 Å². The minimum absolute atomic E-state index is 0.264. The third-order valence-electron chi connectivity index (χ3n) is 6.03. The summed E-state index contributed by atoms with van der Waals surface area (Å²) in [4.78, 5) is 10.4. The molecular weight excluding hydrogens is 398 g/mol. The van der Waals surface area contributed by atoms with E-state index in [9.17, 15) is 0 Å². The average Bonchev–Trinajstić information content (AvgIpc) is 2.85. The summed E-state index contributed by atoms with van der Waals surface area (Å²) >= 11 is 5.86. The smallest absolute Gasteiger partial charge is 0.110 e. The van der Waals surface area contributed by atoms with Gasteiger partial charge in [0.2, 0.25) is 0 Å². The van der Waals surface area contributed by atoms with Crippen molar-refractivity contribution in [1.29, 1.82) is 0 Å². The number of piperazine rings is 1. The molecule has 1 fully saturated rings. The molecule has 1 aliphatic heterocycles. The second-order valence-electron chi connectivity index (χ2n) is 7.97. The fourth-order valence-electron chi connectivity index (χ4n) is 4.44. The monoisotopic (exact) mass is 423 g/mol. The summed E-state index contributed by atoms with van der Waals surface area (Å²) in [6, 6.07) is 32.2. The van der Waals surface area contributed by atoms with E-state index in [1.807, 2.05) is 24.4 Å². The van der Waals surface area contributed by atoms with Gasteiger partial charge in [-0.2, -0.15) is 0 Å². The Hall–Kier alpha value is -3.08. The molecule has 0 aliphatic carbocycles. The molecule has 0 unspecified atom stereocenters. The fourth-order valence-corrected chi connectivity index (χ4v) is 4.73. The number of aromatic nitrogens is 1. The maximum absolute atomic E-state index is 5.86. The van der Waals surface area contributed by atoms with Gasteiger partial charge in [-0.25, -0.2) is 0 Å². The molecule has 0 spiro atoms. The van der Waals surface area contributed by atoms with E-state index in [1.54, 1.807) is 0 Å². The average molecular weight is 424 g/mol. The highest BCUT2D eigenvalue weighted by Crippen LogP contribution is 2.29. The summed E-state index contributed by atoms with van der Waals surface area (Å²) in [5.74, 6) is 0. The predicted molar refractivity (Wildman–Crippen MR) is 131 cm³/mol. The Bertz CT molecular complexity index is 1130. The molecule has 0 saturated carbocycles. The van der Waals surface area contributed by atoms with Crippen molar-refractivity contribution in [2.45, 2.75) is 6.04 Å². The molecule has 3 aromatic carbocycles. The lowest BCUT2D eigenvalue weighted by molar-refractivity contribution is 0.152. The van der Waals surface area contributed by atoms with Crippen LogP contribution in [0.1, 0.15) is 22.7 Å². The summed E-state index contributed by atoms with van der Waals surface area (Å²) in [6.45, 7) is 3.77. The molecule has 0 radical (unpaired) electrons. The Morgan fingerprint density at radius 1 is 0.742 bits per heavy atom. The van der Waals surface area contributed by atoms with E-state index in [-0.39, 0.29) is 6.04 Å². The Balaban J connectivity index is 1.34. The van der Waals surface area contributed by atoms with Gasteiger partial charge in [0.1, 0.15) is 4.99 Å². The first kappa shape index (κ1) is 19.9. The van der Waals surface area contributed by atoms with Crippen LogP contribution in [0.25, 0.3) is 10.9 Å². The number of hydrogen-bond acceptors (Lipinski definition) is 3. The molecule has 0 amide bonds. The van der Waals surface area contributed by atoms with Crippen molar-refractivity contribution in [1.82, 2.24) is 14.8 Å². The minimum atomic E-state index is 0.264. The Morgan fingerprint density at radius 2 is 1.32 bits per heavy atom. The molecule has 154 valence electrons. The van der Waals surface area contributed by atoms with Crippen molar-refractivity contribution in [2.24, 2.45) is 0 Å². The molecular formula is C27H25N3S. The highest BCUT2D eigenvalue weighted by Gasteiger charge is 2.27. The molecule has 4 heteroatoms. The first-order valence-electron chi connectivity index (χ1n) is 10.8. The minimum Gasteiger partial charge on any atom is -0.360 e. The van der Waals surface area contributed by atoms with Crippen LogP contribution in [0.3, 0.4) is 0 Å². The van der Waals surface area contributed by atoms with E-state index in [0.717, 1.165) is 47.6 Å². The van der Waals surface area contributed by atoms with E-state index in [0.29, 0.717) is 0 Å². The predicted octanol–water partition coefficient (Wildman–Crippen LogP) is 5.32. The van der Waals surface area contributed by atoms with E-state index < -0.39 is 0 Å². The van der Waals surface area contributed by atoms with Crippen LogP contribution in [0, 0.1) is 0 Å². The number of para-hydroxylation sites is 1. The number of pyridine rings is 1. The normalized spacial score (nSPS) is 14.8. The number of benzene rings is 3. The zero-order valence-electron chi connectivity index (χ0n) is 17.4. The molecule has 5 rings (SSSR count). The van der Waals surface area contributed by atoms with Crippen LogP contribution in [-0.4, -0.2) is 46.0 Å². The fraction of sp³-hybridized carbons (Fsp3) is 0.185. The number of fused-ring (bicyclic) bond motifs is 1. The van der Waals surface area contributed by atoms with Gasteiger partial charge in [-0.1, -0.05) is 91.1 Å². The Morgan fingerprint density at radius 3 is 1.97 bits per heavy atom. The van der Waals surface area contributed by atoms with Crippen LogP contribution < -0.4 is 0 Å². The number of rotatable bonds is 4. The van der Waals surface area contributed by atoms with Crippen LogP contribution in [0.4, 0.5) is 0 Å². The summed E-state index contributed by atoms with van der Waals surface area (Å²) in [6.07, 6.45) is 1.91. The lowest BCUT2D eigenvalue weighted by Crippen LogP contribution is -2.49. The maximum Gasteiger partial charge on any atom is 0.110 e. The zero-order valence-corrected chi connectivity index (χ0v) is 18.2. The van der Waals surface area contributed by atoms with Gasteiger partial charge in [0.15, 0.2) is 0 Å². The summed E-state index contributed by atoms with van der Waals surface area (Å²) < 4.78 is 0. The first-order valence-corrected chi connectivity index (χ1v) is 11.2. The molecule has 2 heterocycles. The molecule has 1 aliphatic rings. The third kappa shape index (κ3) is 4.22. The second-order valence-corrected chi connectivity index (χ2v) is 8.36. The Kier molecular flexibility index (Phi) is 5.74. The largest absolute Gasteiger partial charge is 0.360 e. The second kappa shape index (κ2) is 8.96. The van der Waals surface area contributed by atoms with Gasteiger partial charge in [-0.15, -0.1) is 0 Å². The molecule has 4 aromatic rings. The number of nitrogens with zero attached hydrogens (tertiary/aromatic N) is 3. The molecule has 1 aromatic heterocycles. The van der Waals surface area contributed by atoms with Gasteiger partial charge in [0, 0.05) is 43.3 Å². The van der Waals surface area contributed by atoms with E-state index in [1.165, 1.54) is 11.1 Å². The molecule has 0 bridgehead atoms. The van der Waals surface area contributed by atoms with Gasteiger partial charge in [0.05, 0.1) is 11.6 Å². The molecule has 0 atom stereocenters. The first-order chi connectivity index (χ1) is 15.3. The lowest BCUT2D eigenvalue weighted by atomic mass is 9.96. The van der Waals surface area contributed by atoms with Gasteiger partial charge >= 0.3 is 0 Å². The van der Waals surface area contributed by atoms with Gasteiger partial charge in [0.25, 0.3) is 0 Å². The summed E-state index contributed by atoms with van der Waals surface area (Å²) in [5.41, 5.74) is 4.71. The topological polar surface area (TPSA) is 19.4 Å². The van der Waals surface area contributed by atoms with Crippen molar-refractivity contribution in [3.8, 4) is 0 Å². The van der Waals surface area contributed by atoms with Crippen molar-refractivity contribution in [2.75, 3.05) is 26.2 Å². The summed E-state index contributed by atoms with van der Waals surface area (Å²) in [5, 5.41) is 1.13. The lowest BCUT2D eigenvalue weighted by Gasteiger charge is -2.40. The van der Waals surface area contributed by atoms with Crippen molar-refractivity contribution in [3.63, 3.8) is 0 Å². The van der Waals surface area contributed by atoms with Crippen molar-refractivity contribution in [3.05, 3.63) is 114 Å². The van der Waals surface area contributed by atoms with E-state index in [2.05, 4.69) is 87.6 Å². The molecule has 3 nitrogen and oxygen atoms in total. The van der Waals surface area contributed by atoms with E-state index >= 15 is 0 Å². The number of thiocarbonyl (C=S) groups is 1. The standard InChI is InChI=1S/C27H25N3S/c31-27(24-19-23-13-7-8-14-25(23)28-20-24)30-17-15-29(16-18-30)26(21-9-3-1-4-10-21)22-11-5-2-6-12-22/h1-14,19-20,26H,15-18H2. The highest BCUT2D eigenvalue weighted by atomic mass is 32.1. The zero-order chi connectivity index (χ0) is 21.0. The molecule has 31 heavy (non-hydrogen) atoms. The SMILES string of the molecule is S=C(c1cnc2ccccc2c1)N1CCN(C(c2ccccc2)c2ccccc2)CC1. The van der Waals surface area contributed by atoms with Crippen LogP contribution in [0.2, 0.25) is 0 Å². The van der Waals surface area contributed by atoms with Gasteiger partial charge < -0.3 is 4.90 Å². The highest BCUT2D eigenvalue weighted by molar-refractivity contribution is 7.80. The van der Waals surface area contributed by atoms with Crippen LogP contribution in [0.15, 0.2) is 97.2 Å². The maximum atomic E-state index is 5.86. The van der Waals surface area contributed by atoms with E-state index in [4.69, 9.17) is 12.2 Å². The van der Waals surface area contributed by atoms with Crippen LogP contribution in [-0.2, 0) is 0 Å². The van der Waals surface area contributed by atoms with Crippen molar-refractivity contribution >= 4 is 28.1 Å². The molecule has 0 N–H and O–H groups in total.